The topological polar surface area (TPSA) is 83.7 Å². The van der Waals surface area contributed by atoms with Crippen LogP contribution in [0.15, 0.2) is 22.7 Å². The molecule has 0 spiro atoms. The molecule has 1 atom stereocenters. The van der Waals surface area contributed by atoms with E-state index < -0.39 is 10.9 Å². The molecule has 0 amide bonds. The molecular formula is C12H13BrN2O4. The molecule has 1 unspecified atom stereocenters. The lowest BCUT2D eigenvalue weighted by atomic mass is 9.86. The smallest absolute Gasteiger partial charge is 0.306 e. The number of carboxylic acids is 1. The van der Waals surface area contributed by atoms with Crippen LogP contribution in [0.3, 0.4) is 0 Å². The molecule has 1 aliphatic heterocycles. The van der Waals surface area contributed by atoms with Gasteiger partial charge in [-0.15, -0.1) is 0 Å². The van der Waals surface area contributed by atoms with Crippen LogP contribution in [0, 0.1) is 22.0 Å². The van der Waals surface area contributed by atoms with E-state index >= 15 is 0 Å². The van der Waals surface area contributed by atoms with E-state index in [1.807, 2.05) is 4.90 Å². The molecule has 1 saturated heterocycles. The minimum absolute atomic E-state index is 0.0339. The van der Waals surface area contributed by atoms with Crippen LogP contribution < -0.4 is 4.90 Å². The number of rotatable bonds is 4. The molecule has 0 radical (unpaired) electrons. The molecule has 2 rings (SSSR count). The Bertz CT molecular complexity index is 528. The number of hydrogen-bond donors (Lipinski definition) is 1. The Morgan fingerprint density at radius 2 is 2.21 bits per heavy atom. The lowest BCUT2D eigenvalue weighted by Gasteiger charge is -2.43. The highest BCUT2D eigenvalue weighted by atomic mass is 79.9. The Hall–Kier alpha value is -1.63. The van der Waals surface area contributed by atoms with Crippen LogP contribution in [0.5, 0.6) is 0 Å². The quantitative estimate of drug-likeness (QED) is 0.678. The normalized spacial score (nSPS) is 16.8. The van der Waals surface area contributed by atoms with Gasteiger partial charge in [0.1, 0.15) is 0 Å². The van der Waals surface area contributed by atoms with E-state index in [0.29, 0.717) is 17.6 Å². The molecule has 1 aromatic carbocycles. The van der Waals surface area contributed by atoms with Crippen molar-refractivity contribution in [2.24, 2.45) is 11.8 Å². The van der Waals surface area contributed by atoms with Gasteiger partial charge in [0.15, 0.2) is 0 Å². The number of nitrogens with zero attached hydrogens (tertiary/aromatic N) is 2. The molecule has 0 saturated carbocycles. The molecule has 6 nitrogen and oxygen atoms in total. The van der Waals surface area contributed by atoms with Crippen molar-refractivity contribution in [1.82, 2.24) is 0 Å². The van der Waals surface area contributed by atoms with Crippen molar-refractivity contribution in [3.05, 3.63) is 32.8 Å². The van der Waals surface area contributed by atoms with Crippen LogP contribution in [0.1, 0.15) is 6.92 Å². The van der Waals surface area contributed by atoms with Crippen molar-refractivity contribution in [1.29, 1.82) is 0 Å². The first-order chi connectivity index (χ1) is 8.90. The number of nitro benzene ring substituents is 1. The van der Waals surface area contributed by atoms with E-state index in [9.17, 15) is 14.9 Å². The number of benzene rings is 1. The van der Waals surface area contributed by atoms with Gasteiger partial charge in [0.2, 0.25) is 0 Å². The molecule has 102 valence electrons. The third kappa shape index (κ3) is 2.70. The van der Waals surface area contributed by atoms with Gasteiger partial charge in [-0.3, -0.25) is 14.9 Å². The van der Waals surface area contributed by atoms with Gasteiger partial charge in [0, 0.05) is 35.6 Å². The van der Waals surface area contributed by atoms with Crippen LogP contribution in [-0.2, 0) is 4.79 Å². The molecule has 0 bridgehead atoms. The Morgan fingerprint density at radius 3 is 2.68 bits per heavy atom. The van der Waals surface area contributed by atoms with Gasteiger partial charge in [-0.1, -0.05) is 6.92 Å². The van der Waals surface area contributed by atoms with Gasteiger partial charge >= 0.3 is 5.97 Å². The first kappa shape index (κ1) is 13.8. The summed E-state index contributed by atoms with van der Waals surface area (Å²) in [4.78, 5) is 23.1. The highest BCUT2D eigenvalue weighted by Gasteiger charge is 2.35. The summed E-state index contributed by atoms with van der Waals surface area (Å²) < 4.78 is 0.656. The Labute approximate surface area is 118 Å². The van der Waals surface area contributed by atoms with Gasteiger partial charge in [-0.05, 0) is 22.0 Å². The second-order valence-electron chi connectivity index (χ2n) is 4.68. The molecule has 0 aromatic heterocycles. The van der Waals surface area contributed by atoms with Crippen molar-refractivity contribution >= 4 is 33.3 Å². The van der Waals surface area contributed by atoms with Gasteiger partial charge < -0.3 is 10.0 Å². The van der Waals surface area contributed by atoms with Crippen molar-refractivity contribution in [3.63, 3.8) is 0 Å². The van der Waals surface area contributed by atoms with E-state index in [1.54, 1.807) is 13.0 Å². The fraction of sp³-hybridized carbons (Fsp3) is 0.417. The van der Waals surface area contributed by atoms with Gasteiger partial charge in [0.25, 0.3) is 5.69 Å². The second-order valence-corrected chi connectivity index (χ2v) is 5.54. The third-order valence-electron chi connectivity index (χ3n) is 3.49. The summed E-state index contributed by atoms with van der Waals surface area (Å²) in [5.74, 6) is -1.03. The monoisotopic (exact) mass is 328 g/mol. The van der Waals surface area contributed by atoms with Gasteiger partial charge in [0.05, 0.1) is 16.5 Å². The Morgan fingerprint density at radius 1 is 1.58 bits per heavy atom. The Balaban J connectivity index is 2.06. The summed E-state index contributed by atoms with van der Waals surface area (Å²) in [5.41, 5.74) is 0.894. The van der Waals surface area contributed by atoms with E-state index in [4.69, 9.17) is 5.11 Å². The fourth-order valence-corrected chi connectivity index (χ4v) is 2.71. The number of aliphatic carboxylic acids is 1. The maximum absolute atomic E-state index is 10.9. The van der Waals surface area contributed by atoms with Crippen molar-refractivity contribution in [3.8, 4) is 0 Å². The van der Waals surface area contributed by atoms with Crippen LogP contribution >= 0.6 is 15.9 Å². The highest BCUT2D eigenvalue weighted by molar-refractivity contribution is 9.10. The maximum Gasteiger partial charge on any atom is 0.306 e. The van der Waals surface area contributed by atoms with Crippen LogP contribution in [-0.4, -0.2) is 29.1 Å². The molecule has 1 aliphatic rings. The summed E-state index contributed by atoms with van der Waals surface area (Å²) >= 11 is 3.31. The van der Waals surface area contributed by atoms with Crippen LogP contribution in [0.25, 0.3) is 0 Å². The van der Waals surface area contributed by atoms with E-state index in [-0.39, 0.29) is 17.5 Å². The first-order valence-corrected chi connectivity index (χ1v) is 6.61. The summed E-state index contributed by atoms with van der Waals surface area (Å²) in [5, 5.41) is 19.6. The predicted octanol–water partition coefficient (Wildman–Crippen LogP) is 2.51. The number of halogens is 1. The molecule has 7 heteroatoms. The van der Waals surface area contributed by atoms with Crippen molar-refractivity contribution in [2.45, 2.75) is 6.92 Å². The molecule has 0 aliphatic carbocycles. The molecule has 1 fully saturated rings. The SMILES string of the molecule is CC(C(=O)O)C1CN(c2ccc([N+](=O)[O-])cc2Br)C1. The Kier molecular flexibility index (Phi) is 3.75. The minimum atomic E-state index is -0.785. The lowest BCUT2D eigenvalue weighted by molar-refractivity contribution is -0.384. The highest BCUT2D eigenvalue weighted by Crippen LogP contribution is 2.36. The van der Waals surface area contributed by atoms with Gasteiger partial charge in [-0.2, -0.15) is 0 Å². The van der Waals surface area contributed by atoms with Crippen LogP contribution in [0.2, 0.25) is 0 Å². The zero-order chi connectivity index (χ0) is 14.2. The average Bonchev–Trinajstić information content (AvgIpc) is 2.28. The average molecular weight is 329 g/mol. The number of hydrogen-bond acceptors (Lipinski definition) is 4. The van der Waals surface area contributed by atoms with Crippen molar-refractivity contribution < 1.29 is 14.8 Å². The van der Waals surface area contributed by atoms with Crippen LogP contribution in [0.4, 0.5) is 11.4 Å². The maximum atomic E-state index is 10.9. The number of anilines is 1. The molecule has 1 heterocycles. The first-order valence-electron chi connectivity index (χ1n) is 5.82. The number of nitro groups is 1. The molecular weight excluding hydrogens is 316 g/mol. The lowest BCUT2D eigenvalue weighted by Crippen LogP contribution is -2.51. The largest absolute Gasteiger partial charge is 0.481 e. The van der Waals surface area contributed by atoms with E-state index in [1.165, 1.54) is 12.1 Å². The molecule has 1 N–H and O–H groups in total. The van der Waals surface area contributed by atoms with Gasteiger partial charge in [-0.25, -0.2) is 0 Å². The third-order valence-corrected chi connectivity index (χ3v) is 4.12. The summed E-state index contributed by atoms with van der Waals surface area (Å²) in [7, 11) is 0. The fourth-order valence-electron chi connectivity index (χ4n) is 2.09. The summed E-state index contributed by atoms with van der Waals surface area (Å²) in [6, 6.07) is 4.60. The zero-order valence-electron chi connectivity index (χ0n) is 10.2. The van der Waals surface area contributed by atoms with E-state index in [2.05, 4.69) is 15.9 Å². The number of carboxylic acid groups (broad SMARTS) is 1. The zero-order valence-corrected chi connectivity index (χ0v) is 11.8. The summed E-state index contributed by atoms with van der Waals surface area (Å²) in [6.45, 7) is 3.02. The predicted molar refractivity (Wildman–Crippen MR) is 73.3 cm³/mol. The summed E-state index contributed by atoms with van der Waals surface area (Å²) in [6.07, 6.45) is 0. The number of carbonyl (C=O) groups is 1. The minimum Gasteiger partial charge on any atom is -0.481 e. The molecule has 19 heavy (non-hydrogen) atoms. The second kappa shape index (κ2) is 5.16. The van der Waals surface area contributed by atoms with E-state index in [0.717, 1.165) is 5.69 Å². The van der Waals surface area contributed by atoms with Crippen molar-refractivity contribution in [2.75, 3.05) is 18.0 Å². The number of non-ortho nitro benzene ring substituents is 1. The standard InChI is InChI=1S/C12H13BrN2O4/c1-7(12(16)17)8-5-14(6-8)11-3-2-9(15(18)19)4-10(11)13/h2-4,7-8H,5-6H2,1H3,(H,16,17). The molecule has 1 aromatic rings.